The third kappa shape index (κ3) is 3.20. The lowest BCUT2D eigenvalue weighted by atomic mass is 10.0. The van der Waals surface area contributed by atoms with Crippen LogP contribution in [0.5, 0.6) is 0 Å². The monoisotopic (exact) mass is 482 g/mol. The molecule has 0 amide bonds. The smallest absolute Gasteiger partial charge is 0.218 e. The van der Waals surface area contributed by atoms with Crippen molar-refractivity contribution >= 4 is 36.0 Å². The predicted octanol–water partition coefficient (Wildman–Crippen LogP) is -0.857. The number of hydrogen-bond donors (Lipinski definition) is 0. The molecule has 0 aromatic carbocycles. The highest BCUT2D eigenvalue weighted by molar-refractivity contribution is 7.71. The van der Waals surface area contributed by atoms with Crippen LogP contribution in [0.4, 0.5) is 0 Å². The van der Waals surface area contributed by atoms with Crippen LogP contribution in [0.3, 0.4) is 0 Å². The Bertz CT molecular complexity index is 1110. The Morgan fingerprint density at radius 2 is 1.19 bits per heavy atom. The Morgan fingerprint density at radius 3 is 1.62 bits per heavy atom. The molecule has 170 valence electrons. The van der Waals surface area contributed by atoms with Crippen molar-refractivity contribution < 1.29 is 28.5 Å². The number of fused-ring (bicyclic) bond motifs is 4. The maximum Gasteiger partial charge on any atom is 0.218 e. The molecule has 6 rings (SSSR count). The Kier molecular flexibility index (Phi) is 4.88. The zero-order valence-electron chi connectivity index (χ0n) is 16.6. The number of carbonyl (C=O) groups is 2. The topological polar surface area (TPSA) is 142 Å². The number of rotatable bonds is 5. The second kappa shape index (κ2) is 7.67. The van der Waals surface area contributed by atoms with Crippen LogP contribution in [0.25, 0.3) is 0 Å². The van der Waals surface area contributed by atoms with Crippen LogP contribution in [0.2, 0.25) is 0 Å². The van der Waals surface area contributed by atoms with Gasteiger partial charge < -0.3 is 18.9 Å². The minimum atomic E-state index is -0.781. The molecule has 2 aromatic rings. The second-order valence-corrected chi connectivity index (χ2v) is 8.74. The first-order chi connectivity index (χ1) is 15.5. The van der Waals surface area contributed by atoms with Crippen molar-refractivity contribution in [3.63, 3.8) is 0 Å². The van der Waals surface area contributed by atoms with Gasteiger partial charge in [0.15, 0.2) is 11.6 Å². The van der Waals surface area contributed by atoms with Crippen molar-refractivity contribution in [1.82, 2.24) is 39.6 Å². The minimum Gasteiger partial charge on any atom is -0.343 e. The van der Waals surface area contributed by atoms with E-state index in [1.807, 2.05) is 0 Å². The lowest BCUT2D eigenvalue weighted by Crippen LogP contribution is -2.37. The Hall–Kier alpha value is -2.24. The normalized spacial score (nSPS) is 33.9. The highest BCUT2D eigenvalue weighted by Crippen LogP contribution is 2.33. The van der Waals surface area contributed by atoms with Crippen molar-refractivity contribution in [2.24, 2.45) is 0 Å². The molecule has 0 spiro atoms. The second-order valence-electron chi connectivity index (χ2n) is 8.01. The number of hydrogen-bond acceptors (Lipinski definition) is 12. The van der Waals surface area contributed by atoms with Gasteiger partial charge in [-0.2, -0.15) is 0 Å². The molecule has 2 aromatic heterocycles. The van der Waals surface area contributed by atoms with Gasteiger partial charge in [-0.1, -0.05) is 0 Å². The van der Waals surface area contributed by atoms with E-state index >= 15 is 0 Å². The van der Waals surface area contributed by atoms with Gasteiger partial charge in [-0.05, 0) is 45.3 Å². The summed E-state index contributed by atoms with van der Waals surface area (Å²) in [6, 6.07) is -0.710. The zero-order chi connectivity index (χ0) is 22.0. The van der Waals surface area contributed by atoms with Gasteiger partial charge in [0, 0.05) is 12.8 Å². The van der Waals surface area contributed by atoms with Gasteiger partial charge >= 0.3 is 0 Å². The van der Waals surface area contributed by atoms with Gasteiger partial charge in [0.05, 0.1) is 38.4 Å². The van der Waals surface area contributed by atoms with Gasteiger partial charge in [0.25, 0.3) is 0 Å². The molecule has 4 saturated heterocycles. The molecule has 6 atom stereocenters. The number of aromatic nitrogens is 8. The molecule has 6 heterocycles. The molecular weight excluding hydrogens is 464 g/mol. The molecule has 0 N–H and O–H groups in total. The van der Waals surface area contributed by atoms with Gasteiger partial charge in [0.2, 0.25) is 22.1 Å². The molecular formula is C16H18N8O6S2. The number of nitrogens with zero attached hydrogens (tertiary/aromatic N) is 8. The Labute approximate surface area is 189 Å². The van der Waals surface area contributed by atoms with Gasteiger partial charge in [-0.3, -0.25) is 9.59 Å². The third-order valence-electron chi connectivity index (χ3n) is 6.10. The number of tetrazole rings is 2. The largest absolute Gasteiger partial charge is 0.343 e. The lowest BCUT2D eigenvalue weighted by Gasteiger charge is -2.25. The van der Waals surface area contributed by atoms with Crippen molar-refractivity contribution in [1.29, 1.82) is 0 Å². The van der Waals surface area contributed by atoms with E-state index in [1.54, 1.807) is 0 Å². The van der Waals surface area contributed by atoms with Crippen LogP contribution in [-0.4, -0.2) is 89.1 Å². The summed E-state index contributed by atoms with van der Waals surface area (Å²) < 4.78 is 28.7. The lowest BCUT2D eigenvalue weighted by molar-refractivity contribution is -0.156. The quantitative estimate of drug-likeness (QED) is 0.490. The fraction of sp³-hybridized carbons (Fsp3) is 0.750. The standard InChI is InChI=1S/C16H18N8O6S2/c25-9-3-7(11-5-27-13(9)29-11)23-15(31)21(17-19-23)1-2-22-16(32)24(20-18-22)8-4-10(26)14-28-6-12(8)30-14/h7-8,11-14H,1-6H2/t7-,8-,11-,12-,13+,14+/m1/s1. The summed E-state index contributed by atoms with van der Waals surface area (Å²) in [5.74, 6) is -0.264. The molecule has 4 aliphatic rings. The molecule has 32 heavy (non-hydrogen) atoms. The van der Waals surface area contributed by atoms with Crippen molar-refractivity contribution in [2.75, 3.05) is 13.2 Å². The van der Waals surface area contributed by atoms with E-state index in [0.29, 0.717) is 35.8 Å². The number of ketones is 2. The van der Waals surface area contributed by atoms with Crippen molar-refractivity contribution in [2.45, 2.75) is 62.8 Å². The van der Waals surface area contributed by atoms with Gasteiger partial charge in [-0.25, -0.2) is 18.7 Å². The van der Waals surface area contributed by atoms with Gasteiger partial charge in [-0.15, -0.1) is 0 Å². The van der Waals surface area contributed by atoms with E-state index in [0.717, 1.165) is 0 Å². The average molecular weight is 483 g/mol. The molecule has 0 saturated carbocycles. The molecule has 0 aliphatic carbocycles. The zero-order valence-corrected chi connectivity index (χ0v) is 18.2. The third-order valence-corrected chi connectivity index (χ3v) is 6.89. The number of aryl methyl sites for hydroxylation is 2. The van der Waals surface area contributed by atoms with Crippen LogP contribution < -0.4 is 0 Å². The van der Waals surface area contributed by atoms with E-state index < -0.39 is 12.6 Å². The average Bonchev–Trinajstić information content (AvgIpc) is 3.55. The van der Waals surface area contributed by atoms with E-state index in [2.05, 4.69) is 20.9 Å². The van der Waals surface area contributed by atoms with Crippen LogP contribution >= 0.6 is 24.4 Å². The summed E-state index contributed by atoms with van der Waals surface area (Å²) in [5, 5.41) is 16.5. The number of carbonyl (C=O) groups excluding carboxylic acids is 2. The molecule has 4 fully saturated rings. The van der Waals surface area contributed by atoms with Crippen LogP contribution in [0, 0.1) is 9.54 Å². The molecule has 14 nitrogen and oxygen atoms in total. The van der Waals surface area contributed by atoms with Crippen molar-refractivity contribution in [3.05, 3.63) is 9.54 Å². The first-order valence-electron chi connectivity index (χ1n) is 10.1. The first-order valence-corrected chi connectivity index (χ1v) is 11.0. The van der Waals surface area contributed by atoms with Gasteiger partial charge in [0.1, 0.15) is 12.2 Å². The Morgan fingerprint density at radius 1 is 0.750 bits per heavy atom. The highest BCUT2D eigenvalue weighted by atomic mass is 32.1. The van der Waals surface area contributed by atoms with Crippen LogP contribution in [0.15, 0.2) is 0 Å². The maximum atomic E-state index is 12.1. The molecule has 4 bridgehead atoms. The summed E-state index contributed by atoms with van der Waals surface area (Å²) in [5.41, 5.74) is 0. The van der Waals surface area contributed by atoms with E-state index in [4.69, 9.17) is 43.4 Å². The molecule has 4 aliphatic heterocycles. The summed E-state index contributed by atoms with van der Waals surface area (Å²) in [7, 11) is 0. The van der Waals surface area contributed by atoms with Crippen molar-refractivity contribution in [3.8, 4) is 0 Å². The molecule has 0 radical (unpaired) electrons. The fourth-order valence-electron chi connectivity index (χ4n) is 4.39. The molecule has 0 unspecified atom stereocenters. The SMILES string of the molecule is O=C1C[C@@H](n2nnn(CCn3nnn([C@@H]4CC(=O)[C@H]5OC[C@H]4O5)c3=S)c2=S)[C@H]2CO[C@H]1O2. The molecule has 16 heteroatoms. The summed E-state index contributed by atoms with van der Waals surface area (Å²) >= 11 is 11.0. The summed E-state index contributed by atoms with van der Waals surface area (Å²) in [6.07, 6.45) is -1.68. The number of Topliss-reactive ketones (excluding diaryl/α,β-unsaturated/α-hetero) is 2. The Balaban J connectivity index is 1.17. The summed E-state index contributed by atoms with van der Waals surface area (Å²) in [6.45, 7) is 1.31. The van der Waals surface area contributed by atoms with E-state index in [-0.39, 0.29) is 48.7 Å². The first kappa shape index (κ1) is 20.4. The predicted molar refractivity (Wildman–Crippen MR) is 104 cm³/mol. The van der Waals surface area contributed by atoms with Crippen LogP contribution in [0.1, 0.15) is 24.9 Å². The van der Waals surface area contributed by atoms with E-state index in [1.165, 1.54) is 18.7 Å². The summed E-state index contributed by atoms with van der Waals surface area (Å²) in [4.78, 5) is 24.2. The minimum absolute atomic E-state index is 0.132. The fourth-order valence-corrected chi connectivity index (χ4v) is 4.99. The maximum absolute atomic E-state index is 12.1. The van der Waals surface area contributed by atoms with Crippen LogP contribution in [-0.2, 0) is 41.6 Å². The van der Waals surface area contributed by atoms with E-state index in [9.17, 15) is 9.59 Å². The number of ether oxygens (including phenoxy) is 4. The highest BCUT2D eigenvalue weighted by Gasteiger charge is 2.46.